The van der Waals surface area contributed by atoms with Crippen LogP contribution in [0, 0.1) is 5.82 Å². The molecule has 1 heterocycles. The maximum absolute atomic E-state index is 13.1. The third-order valence-corrected chi connectivity index (χ3v) is 2.24. The topological polar surface area (TPSA) is 22.1 Å². The summed E-state index contributed by atoms with van der Waals surface area (Å²) in [7, 11) is 0. The van der Waals surface area contributed by atoms with Gasteiger partial charge in [-0.25, -0.2) is 4.39 Å². The van der Waals surface area contributed by atoms with Crippen molar-refractivity contribution in [2.24, 2.45) is 0 Å². The minimum atomic E-state index is -0.252. The van der Waals surface area contributed by atoms with Crippen LogP contribution in [0.5, 0.6) is 5.75 Å². The first kappa shape index (κ1) is 11.6. The fourth-order valence-corrected chi connectivity index (χ4v) is 1.58. The molecule has 17 heavy (non-hydrogen) atoms. The van der Waals surface area contributed by atoms with E-state index in [-0.39, 0.29) is 11.9 Å². The maximum atomic E-state index is 13.1. The lowest BCUT2D eigenvalue weighted by atomic mass is 10.1. The predicted molar refractivity (Wildman–Crippen MR) is 65.4 cm³/mol. The largest absolute Gasteiger partial charge is 0.489 e. The van der Waals surface area contributed by atoms with Crippen molar-refractivity contribution in [1.82, 2.24) is 4.98 Å². The number of benzene rings is 1. The van der Waals surface area contributed by atoms with Crippen LogP contribution in [0.4, 0.5) is 4.39 Å². The lowest BCUT2D eigenvalue weighted by Crippen LogP contribution is -2.05. The average molecular weight is 231 g/mol. The Morgan fingerprint density at radius 2 is 1.94 bits per heavy atom. The number of nitrogens with zero attached hydrogens (tertiary/aromatic N) is 1. The average Bonchev–Trinajstić information content (AvgIpc) is 2.28. The number of pyridine rings is 1. The van der Waals surface area contributed by atoms with Crippen LogP contribution in [-0.2, 0) is 0 Å². The number of aromatic nitrogens is 1. The highest BCUT2D eigenvalue weighted by molar-refractivity contribution is 5.63. The van der Waals surface area contributed by atoms with Gasteiger partial charge in [0.05, 0.1) is 12.3 Å². The molecule has 0 atom stereocenters. The monoisotopic (exact) mass is 231 g/mol. The number of hydrogen-bond acceptors (Lipinski definition) is 2. The number of hydrogen-bond donors (Lipinski definition) is 0. The van der Waals surface area contributed by atoms with Crippen molar-refractivity contribution >= 4 is 0 Å². The summed E-state index contributed by atoms with van der Waals surface area (Å²) in [6.45, 7) is 3.91. The molecule has 0 unspecified atom stereocenters. The van der Waals surface area contributed by atoms with Gasteiger partial charge in [-0.1, -0.05) is 12.1 Å². The molecule has 0 aliphatic carbocycles. The molecule has 0 aliphatic heterocycles. The van der Waals surface area contributed by atoms with Gasteiger partial charge in [0, 0.05) is 11.8 Å². The third kappa shape index (κ3) is 3.03. The minimum Gasteiger partial charge on any atom is -0.489 e. The molecule has 0 saturated carbocycles. The van der Waals surface area contributed by atoms with E-state index in [9.17, 15) is 4.39 Å². The summed E-state index contributed by atoms with van der Waals surface area (Å²) in [6.07, 6.45) is 3.45. The molecule has 2 nitrogen and oxygen atoms in total. The van der Waals surface area contributed by atoms with Crippen LogP contribution >= 0.6 is 0 Å². The van der Waals surface area contributed by atoms with Gasteiger partial charge in [-0.15, -0.1) is 0 Å². The zero-order valence-electron chi connectivity index (χ0n) is 9.85. The summed E-state index contributed by atoms with van der Waals surface area (Å²) >= 11 is 0. The summed E-state index contributed by atoms with van der Waals surface area (Å²) in [5, 5.41) is 0. The summed E-state index contributed by atoms with van der Waals surface area (Å²) in [5.41, 5.74) is 1.65. The Hall–Kier alpha value is -1.90. The molecule has 0 amide bonds. The van der Waals surface area contributed by atoms with Gasteiger partial charge < -0.3 is 4.74 Å². The van der Waals surface area contributed by atoms with Crippen molar-refractivity contribution in [3.8, 4) is 16.9 Å². The third-order valence-electron chi connectivity index (χ3n) is 2.24. The Labute approximate surface area is 100 Å². The van der Waals surface area contributed by atoms with Crippen LogP contribution in [0.2, 0.25) is 0 Å². The molecule has 0 saturated heterocycles. The van der Waals surface area contributed by atoms with Gasteiger partial charge in [0.15, 0.2) is 0 Å². The Bertz CT molecular complexity index is 511. The second-order valence-corrected chi connectivity index (χ2v) is 4.09. The van der Waals surface area contributed by atoms with Gasteiger partial charge in [0.1, 0.15) is 11.6 Å². The van der Waals surface area contributed by atoms with E-state index >= 15 is 0 Å². The van der Waals surface area contributed by atoms with E-state index < -0.39 is 0 Å². The molecule has 1 aromatic heterocycles. The Morgan fingerprint density at radius 3 is 2.65 bits per heavy atom. The molecule has 0 aliphatic rings. The SMILES string of the molecule is CC(C)Oc1cncc(-c2cccc(F)c2)c1. The van der Waals surface area contributed by atoms with E-state index in [1.807, 2.05) is 26.0 Å². The van der Waals surface area contributed by atoms with Crippen LogP contribution in [0.1, 0.15) is 13.8 Å². The smallest absolute Gasteiger partial charge is 0.138 e. The van der Waals surface area contributed by atoms with Crippen LogP contribution in [0.25, 0.3) is 11.1 Å². The Balaban J connectivity index is 2.33. The number of rotatable bonds is 3. The van der Waals surface area contributed by atoms with Gasteiger partial charge in [-0.2, -0.15) is 0 Å². The molecular formula is C14H14FNO. The van der Waals surface area contributed by atoms with E-state index in [0.29, 0.717) is 5.75 Å². The van der Waals surface area contributed by atoms with Crippen molar-refractivity contribution < 1.29 is 9.13 Å². The van der Waals surface area contributed by atoms with Crippen LogP contribution in [0.3, 0.4) is 0 Å². The van der Waals surface area contributed by atoms with Crippen molar-refractivity contribution in [2.75, 3.05) is 0 Å². The fraction of sp³-hybridized carbons (Fsp3) is 0.214. The molecule has 2 rings (SSSR count). The molecule has 0 fully saturated rings. The van der Waals surface area contributed by atoms with Gasteiger partial charge in [-0.3, -0.25) is 4.98 Å². The first-order chi connectivity index (χ1) is 8.15. The summed E-state index contributed by atoms with van der Waals surface area (Å²) < 4.78 is 18.7. The standard InChI is InChI=1S/C14H14FNO/c1-10(2)17-14-7-12(8-16-9-14)11-4-3-5-13(15)6-11/h3-10H,1-2H3. The van der Waals surface area contributed by atoms with Crippen LogP contribution < -0.4 is 4.74 Å². The van der Waals surface area contributed by atoms with Gasteiger partial charge >= 0.3 is 0 Å². The molecule has 2 aromatic rings. The zero-order valence-corrected chi connectivity index (χ0v) is 9.85. The van der Waals surface area contributed by atoms with Crippen molar-refractivity contribution in [2.45, 2.75) is 20.0 Å². The highest BCUT2D eigenvalue weighted by atomic mass is 19.1. The molecule has 1 aromatic carbocycles. The second kappa shape index (κ2) is 4.95. The van der Waals surface area contributed by atoms with Crippen molar-refractivity contribution in [3.05, 3.63) is 48.5 Å². The maximum Gasteiger partial charge on any atom is 0.138 e. The molecule has 88 valence electrons. The summed E-state index contributed by atoms with van der Waals surface area (Å²) in [5.74, 6) is 0.444. The first-order valence-corrected chi connectivity index (χ1v) is 5.53. The fourth-order valence-electron chi connectivity index (χ4n) is 1.58. The number of halogens is 1. The molecule has 0 N–H and O–H groups in total. The highest BCUT2D eigenvalue weighted by Crippen LogP contribution is 2.23. The summed E-state index contributed by atoms with van der Waals surface area (Å²) in [4.78, 5) is 4.10. The Morgan fingerprint density at radius 1 is 1.12 bits per heavy atom. The van der Waals surface area contributed by atoms with Crippen LogP contribution in [-0.4, -0.2) is 11.1 Å². The normalized spacial score (nSPS) is 10.6. The molecule has 0 radical (unpaired) electrons. The number of ether oxygens (including phenoxy) is 1. The second-order valence-electron chi connectivity index (χ2n) is 4.09. The molecule has 0 bridgehead atoms. The van der Waals surface area contributed by atoms with E-state index in [0.717, 1.165) is 11.1 Å². The summed E-state index contributed by atoms with van der Waals surface area (Å²) in [6, 6.07) is 8.29. The van der Waals surface area contributed by atoms with Gasteiger partial charge in [0.2, 0.25) is 0 Å². The van der Waals surface area contributed by atoms with E-state index in [1.165, 1.54) is 12.1 Å². The molecular weight excluding hydrogens is 217 g/mol. The van der Waals surface area contributed by atoms with Crippen LogP contribution in [0.15, 0.2) is 42.7 Å². The van der Waals surface area contributed by atoms with Gasteiger partial charge in [0.25, 0.3) is 0 Å². The van der Waals surface area contributed by atoms with Gasteiger partial charge in [-0.05, 0) is 37.6 Å². The van der Waals surface area contributed by atoms with Crippen molar-refractivity contribution in [1.29, 1.82) is 0 Å². The lowest BCUT2D eigenvalue weighted by Gasteiger charge is -2.10. The van der Waals surface area contributed by atoms with E-state index in [2.05, 4.69) is 4.98 Å². The molecule has 0 spiro atoms. The van der Waals surface area contributed by atoms with E-state index in [4.69, 9.17) is 4.74 Å². The quantitative estimate of drug-likeness (QED) is 0.804. The Kier molecular flexibility index (Phi) is 3.38. The predicted octanol–water partition coefficient (Wildman–Crippen LogP) is 3.67. The molecule has 3 heteroatoms. The van der Waals surface area contributed by atoms with E-state index in [1.54, 1.807) is 18.5 Å². The van der Waals surface area contributed by atoms with Crippen molar-refractivity contribution in [3.63, 3.8) is 0 Å². The first-order valence-electron chi connectivity index (χ1n) is 5.53. The zero-order chi connectivity index (χ0) is 12.3. The minimum absolute atomic E-state index is 0.0968. The lowest BCUT2D eigenvalue weighted by molar-refractivity contribution is 0.241. The highest BCUT2D eigenvalue weighted by Gasteiger charge is 2.03.